The molecule has 2 atom stereocenters. The first-order chi connectivity index (χ1) is 6.67. The third-order valence-electron chi connectivity index (χ3n) is 3.04. The standard InChI is InChI=1S/C11H24N2O/c1-3-12-9-11(2,14)10-7-5-4-6-8-13-10/h10,12-14H,3-9H2,1-2H3. The van der Waals surface area contributed by atoms with Crippen LogP contribution in [0.1, 0.15) is 39.5 Å². The number of likely N-dealkylation sites (N-methyl/N-ethyl adjacent to an activating group) is 1. The van der Waals surface area contributed by atoms with Gasteiger partial charge in [-0.3, -0.25) is 0 Å². The van der Waals surface area contributed by atoms with Gasteiger partial charge in [-0.25, -0.2) is 0 Å². The highest BCUT2D eigenvalue weighted by molar-refractivity contribution is 4.90. The molecule has 0 saturated carbocycles. The molecule has 0 aromatic carbocycles. The second-order valence-electron chi connectivity index (χ2n) is 4.49. The van der Waals surface area contributed by atoms with Gasteiger partial charge in [-0.2, -0.15) is 0 Å². The van der Waals surface area contributed by atoms with Crippen molar-refractivity contribution in [3.63, 3.8) is 0 Å². The Morgan fingerprint density at radius 1 is 1.43 bits per heavy atom. The summed E-state index contributed by atoms with van der Waals surface area (Å²) < 4.78 is 0. The van der Waals surface area contributed by atoms with Gasteiger partial charge < -0.3 is 15.7 Å². The molecule has 1 heterocycles. The van der Waals surface area contributed by atoms with Crippen LogP contribution in [0.25, 0.3) is 0 Å². The van der Waals surface area contributed by atoms with Crippen molar-refractivity contribution in [2.24, 2.45) is 0 Å². The molecule has 0 bridgehead atoms. The maximum Gasteiger partial charge on any atom is 0.0895 e. The van der Waals surface area contributed by atoms with Crippen molar-refractivity contribution in [2.45, 2.75) is 51.2 Å². The van der Waals surface area contributed by atoms with Crippen LogP contribution in [-0.2, 0) is 0 Å². The van der Waals surface area contributed by atoms with E-state index < -0.39 is 5.60 Å². The molecule has 1 rings (SSSR count). The van der Waals surface area contributed by atoms with Gasteiger partial charge in [0.2, 0.25) is 0 Å². The molecule has 0 aromatic rings. The molecule has 14 heavy (non-hydrogen) atoms. The predicted octanol–water partition coefficient (Wildman–Crippen LogP) is 0.879. The lowest BCUT2D eigenvalue weighted by Crippen LogP contribution is -2.54. The van der Waals surface area contributed by atoms with Crippen LogP contribution in [-0.4, -0.2) is 36.4 Å². The summed E-state index contributed by atoms with van der Waals surface area (Å²) in [6.45, 7) is 6.65. The highest BCUT2D eigenvalue weighted by Crippen LogP contribution is 2.18. The van der Waals surface area contributed by atoms with Gasteiger partial charge >= 0.3 is 0 Å². The molecule has 3 nitrogen and oxygen atoms in total. The zero-order chi connectivity index (χ0) is 10.4. The van der Waals surface area contributed by atoms with Gasteiger partial charge in [0.15, 0.2) is 0 Å². The van der Waals surface area contributed by atoms with Gasteiger partial charge in [0.05, 0.1) is 5.60 Å². The van der Waals surface area contributed by atoms with Crippen LogP contribution >= 0.6 is 0 Å². The molecule has 0 spiro atoms. The Bertz CT molecular complexity index is 151. The average Bonchev–Trinajstić information content (AvgIpc) is 2.43. The number of nitrogens with one attached hydrogen (secondary N) is 2. The van der Waals surface area contributed by atoms with Crippen molar-refractivity contribution < 1.29 is 5.11 Å². The zero-order valence-corrected chi connectivity index (χ0v) is 9.47. The Hall–Kier alpha value is -0.120. The van der Waals surface area contributed by atoms with Crippen LogP contribution in [0.5, 0.6) is 0 Å². The van der Waals surface area contributed by atoms with E-state index in [0.29, 0.717) is 6.54 Å². The van der Waals surface area contributed by atoms with E-state index in [-0.39, 0.29) is 6.04 Å². The fourth-order valence-electron chi connectivity index (χ4n) is 2.06. The van der Waals surface area contributed by atoms with Crippen LogP contribution in [0.15, 0.2) is 0 Å². The topological polar surface area (TPSA) is 44.3 Å². The van der Waals surface area contributed by atoms with Crippen LogP contribution in [0, 0.1) is 0 Å². The number of rotatable bonds is 4. The molecule has 0 aliphatic carbocycles. The number of aliphatic hydroxyl groups is 1. The van der Waals surface area contributed by atoms with Crippen LogP contribution in [0.2, 0.25) is 0 Å². The lowest BCUT2D eigenvalue weighted by molar-refractivity contribution is 0.0188. The van der Waals surface area contributed by atoms with Gasteiger partial charge in [-0.1, -0.05) is 19.8 Å². The molecule has 1 fully saturated rings. The molecule has 0 amide bonds. The fourth-order valence-corrected chi connectivity index (χ4v) is 2.06. The molecule has 1 aliphatic heterocycles. The van der Waals surface area contributed by atoms with E-state index in [0.717, 1.165) is 19.5 Å². The van der Waals surface area contributed by atoms with E-state index in [1.54, 1.807) is 0 Å². The molecule has 3 heteroatoms. The lowest BCUT2D eigenvalue weighted by atomic mass is 9.92. The molecule has 84 valence electrons. The molecule has 1 saturated heterocycles. The molecular weight excluding hydrogens is 176 g/mol. The quantitative estimate of drug-likeness (QED) is 0.631. The second-order valence-corrected chi connectivity index (χ2v) is 4.49. The summed E-state index contributed by atoms with van der Waals surface area (Å²) in [5, 5.41) is 16.9. The first kappa shape index (κ1) is 12.0. The Balaban J connectivity index is 2.41. The third kappa shape index (κ3) is 3.56. The van der Waals surface area contributed by atoms with Gasteiger partial charge in [0, 0.05) is 12.6 Å². The summed E-state index contributed by atoms with van der Waals surface area (Å²) in [5.74, 6) is 0. The van der Waals surface area contributed by atoms with Crippen molar-refractivity contribution in [3.05, 3.63) is 0 Å². The minimum absolute atomic E-state index is 0.254. The van der Waals surface area contributed by atoms with Gasteiger partial charge in [0.1, 0.15) is 0 Å². The Kier molecular flexibility index (Phi) is 4.85. The highest BCUT2D eigenvalue weighted by atomic mass is 16.3. The molecule has 1 aliphatic rings. The van der Waals surface area contributed by atoms with Gasteiger partial charge in [-0.15, -0.1) is 0 Å². The summed E-state index contributed by atoms with van der Waals surface area (Å²) >= 11 is 0. The minimum atomic E-state index is -0.611. The van der Waals surface area contributed by atoms with Crippen LogP contribution in [0.4, 0.5) is 0 Å². The van der Waals surface area contributed by atoms with Crippen LogP contribution < -0.4 is 10.6 Å². The maximum atomic E-state index is 10.3. The van der Waals surface area contributed by atoms with E-state index in [9.17, 15) is 5.11 Å². The molecular formula is C11H24N2O. The van der Waals surface area contributed by atoms with Crippen molar-refractivity contribution in [2.75, 3.05) is 19.6 Å². The van der Waals surface area contributed by atoms with E-state index in [1.807, 2.05) is 6.92 Å². The first-order valence-electron chi connectivity index (χ1n) is 5.83. The summed E-state index contributed by atoms with van der Waals surface area (Å²) in [4.78, 5) is 0. The van der Waals surface area contributed by atoms with E-state index in [1.165, 1.54) is 19.3 Å². The maximum absolute atomic E-state index is 10.3. The zero-order valence-electron chi connectivity index (χ0n) is 9.47. The van der Waals surface area contributed by atoms with Crippen molar-refractivity contribution in [1.29, 1.82) is 0 Å². The van der Waals surface area contributed by atoms with Crippen molar-refractivity contribution in [3.8, 4) is 0 Å². The summed E-state index contributed by atoms with van der Waals surface area (Å²) in [7, 11) is 0. The third-order valence-corrected chi connectivity index (χ3v) is 3.04. The van der Waals surface area contributed by atoms with Crippen molar-refractivity contribution in [1.82, 2.24) is 10.6 Å². The fraction of sp³-hybridized carbons (Fsp3) is 1.00. The second kappa shape index (κ2) is 5.69. The van der Waals surface area contributed by atoms with E-state index >= 15 is 0 Å². The Morgan fingerprint density at radius 3 is 2.93 bits per heavy atom. The van der Waals surface area contributed by atoms with Crippen molar-refractivity contribution >= 4 is 0 Å². The lowest BCUT2D eigenvalue weighted by Gasteiger charge is -2.33. The van der Waals surface area contributed by atoms with E-state index in [4.69, 9.17) is 0 Å². The highest BCUT2D eigenvalue weighted by Gasteiger charge is 2.31. The van der Waals surface area contributed by atoms with Crippen LogP contribution in [0.3, 0.4) is 0 Å². The number of hydrogen-bond acceptors (Lipinski definition) is 3. The summed E-state index contributed by atoms with van der Waals surface area (Å²) in [6.07, 6.45) is 4.87. The first-order valence-corrected chi connectivity index (χ1v) is 5.83. The Labute approximate surface area is 87.3 Å². The molecule has 0 radical (unpaired) electrons. The molecule has 2 unspecified atom stereocenters. The molecule has 0 aromatic heterocycles. The summed E-state index contributed by atoms with van der Waals surface area (Å²) in [5.41, 5.74) is -0.611. The SMILES string of the molecule is CCNCC(C)(O)C1CCCCCN1. The number of hydrogen-bond donors (Lipinski definition) is 3. The monoisotopic (exact) mass is 200 g/mol. The normalized spacial score (nSPS) is 28.1. The summed E-state index contributed by atoms with van der Waals surface area (Å²) in [6, 6.07) is 0.254. The minimum Gasteiger partial charge on any atom is -0.387 e. The average molecular weight is 200 g/mol. The predicted molar refractivity (Wildman–Crippen MR) is 59.4 cm³/mol. The van der Waals surface area contributed by atoms with E-state index in [2.05, 4.69) is 17.6 Å². The van der Waals surface area contributed by atoms with Gasteiger partial charge in [0.25, 0.3) is 0 Å². The van der Waals surface area contributed by atoms with Gasteiger partial charge in [-0.05, 0) is 32.9 Å². The smallest absolute Gasteiger partial charge is 0.0895 e. The largest absolute Gasteiger partial charge is 0.387 e. The Morgan fingerprint density at radius 2 is 2.21 bits per heavy atom. The molecule has 3 N–H and O–H groups in total.